The van der Waals surface area contributed by atoms with Gasteiger partial charge in [-0.3, -0.25) is 4.98 Å². The summed E-state index contributed by atoms with van der Waals surface area (Å²) in [6.45, 7) is 3.80. The molecule has 76 valence electrons. The zero-order valence-electron chi connectivity index (χ0n) is 8.33. The normalized spacial score (nSPS) is 10.3. The van der Waals surface area contributed by atoms with Crippen molar-refractivity contribution in [3.05, 3.63) is 41.0 Å². The topological polar surface area (TPSA) is 22.1 Å². The first-order valence-electron chi connectivity index (χ1n) is 4.51. The van der Waals surface area contributed by atoms with Gasteiger partial charge >= 0.3 is 0 Å². The summed E-state index contributed by atoms with van der Waals surface area (Å²) in [5, 5.41) is 1.04. The Morgan fingerprint density at radius 2 is 2.27 bits per heavy atom. The third-order valence-electron chi connectivity index (χ3n) is 2.27. The molecule has 0 spiro atoms. The van der Waals surface area contributed by atoms with Crippen molar-refractivity contribution in [3.63, 3.8) is 0 Å². The number of hydrogen-bond acceptors (Lipinski definition) is 2. The number of rotatable bonds is 2. The highest BCUT2D eigenvalue weighted by atomic mass is 79.9. The molecule has 0 amide bonds. The van der Waals surface area contributed by atoms with E-state index in [0.717, 1.165) is 26.7 Å². The number of aromatic nitrogens is 1. The van der Waals surface area contributed by atoms with E-state index >= 15 is 0 Å². The Kier molecular flexibility index (Phi) is 2.73. The van der Waals surface area contributed by atoms with Gasteiger partial charge in [0.2, 0.25) is 0 Å². The Bertz CT molecular complexity index is 522. The van der Waals surface area contributed by atoms with E-state index in [1.54, 1.807) is 13.3 Å². The van der Waals surface area contributed by atoms with E-state index in [1.807, 2.05) is 24.3 Å². The monoisotopic (exact) mass is 263 g/mol. The molecule has 1 heterocycles. The van der Waals surface area contributed by atoms with Gasteiger partial charge in [0.25, 0.3) is 0 Å². The first kappa shape index (κ1) is 10.2. The average molecular weight is 264 g/mol. The third kappa shape index (κ3) is 1.75. The van der Waals surface area contributed by atoms with E-state index < -0.39 is 0 Å². The van der Waals surface area contributed by atoms with E-state index in [-0.39, 0.29) is 0 Å². The Hall–Kier alpha value is -1.35. The van der Waals surface area contributed by atoms with Gasteiger partial charge in [-0.1, -0.05) is 12.7 Å². The van der Waals surface area contributed by atoms with Crippen LogP contribution in [-0.2, 0) is 0 Å². The molecule has 1 aromatic carbocycles. The number of halogens is 1. The van der Waals surface area contributed by atoms with Crippen LogP contribution in [0.3, 0.4) is 0 Å². The maximum Gasteiger partial charge on any atom is 0.119 e. The van der Waals surface area contributed by atoms with Crippen molar-refractivity contribution in [2.75, 3.05) is 7.11 Å². The van der Waals surface area contributed by atoms with Crippen LogP contribution in [-0.4, -0.2) is 12.1 Å². The molecule has 0 atom stereocenters. The van der Waals surface area contributed by atoms with Crippen LogP contribution in [0.25, 0.3) is 17.0 Å². The molecule has 0 saturated heterocycles. The van der Waals surface area contributed by atoms with Gasteiger partial charge in [-0.15, -0.1) is 0 Å². The molecule has 0 aliphatic rings. The molecule has 0 aliphatic heterocycles. The quantitative estimate of drug-likeness (QED) is 0.826. The average Bonchev–Trinajstić information content (AvgIpc) is 2.28. The number of fused-ring (bicyclic) bond motifs is 1. The van der Waals surface area contributed by atoms with Crippen molar-refractivity contribution in [1.82, 2.24) is 4.98 Å². The second-order valence-electron chi connectivity index (χ2n) is 3.11. The van der Waals surface area contributed by atoms with Gasteiger partial charge in [0.1, 0.15) is 5.75 Å². The van der Waals surface area contributed by atoms with E-state index in [2.05, 4.69) is 27.5 Å². The largest absolute Gasteiger partial charge is 0.497 e. The van der Waals surface area contributed by atoms with Crippen molar-refractivity contribution in [2.24, 2.45) is 0 Å². The van der Waals surface area contributed by atoms with Gasteiger partial charge in [-0.25, -0.2) is 0 Å². The Morgan fingerprint density at radius 3 is 2.93 bits per heavy atom. The summed E-state index contributed by atoms with van der Waals surface area (Å²) in [7, 11) is 1.65. The minimum Gasteiger partial charge on any atom is -0.497 e. The van der Waals surface area contributed by atoms with Crippen LogP contribution in [0.15, 0.2) is 35.4 Å². The second-order valence-corrected chi connectivity index (χ2v) is 3.96. The summed E-state index contributed by atoms with van der Waals surface area (Å²) in [6, 6.07) is 5.80. The number of pyridine rings is 1. The van der Waals surface area contributed by atoms with Crippen molar-refractivity contribution in [1.29, 1.82) is 0 Å². The SMILES string of the molecule is C=Cc1c(Br)cnc2ccc(OC)cc12. The number of methoxy groups -OCH3 is 1. The number of hydrogen-bond donors (Lipinski definition) is 0. The number of nitrogens with zero attached hydrogens (tertiary/aromatic N) is 1. The predicted octanol–water partition coefficient (Wildman–Crippen LogP) is 3.65. The van der Waals surface area contributed by atoms with Crippen molar-refractivity contribution in [2.45, 2.75) is 0 Å². The molecule has 0 N–H and O–H groups in total. The van der Waals surface area contributed by atoms with Crippen molar-refractivity contribution < 1.29 is 4.74 Å². The van der Waals surface area contributed by atoms with Gasteiger partial charge in [0, 0.05) is 16.1 Å². The first-order valence-corrected chi connectivity index (χ1v) is 5.30. The molecule has 0 aliphatic carbocycles. The fraction of sp³-hybridized carbons (Fsp3) is 0.0833. The van der Waals surface area contributed by atoms with Crippen LogP contribution in [0, 0.1) is 0 Å². The van der Waals surface area contributed by atoms with Crippen molar-refractivity contribution in [3.8, 4) is 5.75 Å². The summed E-state index contributed by atoms with van der Waals surface area (Å²) in [6.07, 6.45) is 3.60. The molecule has 2 nitrogen and oxygen atoms in total. The molecule has 0 bridgehead atoms. The molecule has 0 radical (unpaired) electrons. The van der Waals surface area contributed by atoms with Crippen molar-refractivity contribution >= 4 is 32.9 Å². The minimum absolute atomic E-state index is 0.825. The molecule has 1 aromatic heterocycles. The molecule has 2 rings (SSSR count). The second kappa shape index (κ2) is 4.03. The minimum atomic E-state index is 0.825. The summed E-state index contributed by atoms with van der Waals surface area (Å²) in [5.41, 5.74) is 1.98. The standard InChI is InChI=1S/C12H10BrNO/c1-3-9-10-6-8(15-2)4-5-12(10)14-7-11(9)13/h3-7H,1H2,2H3. The lowest BCUT2D eigenvalue weighted by Gasteiger charge is -2.06. The first-order chi connectivity index (χ1) is 7.26. The molecule has 2 aromatic rings. The highest BCUT2D eigenvalue weighted by molar-refractivity contribution is 9.10. The number of benzene rings is 1. The van der Waals surface area contributed by atoms with E-state index in [4.69, 9.17) is 4.74 Å². The Labute approximate surface area is 96.7 Å². The van der Waals surface area contributed by atoms with E-state index in [0.29, 0.717) is 0 Å². The lowest BCUT2D eigenvalue weighted by molar-refractivity contribution is 0.415. The highest BCUT2D eigenvalue weighted by Gasteiger charge is 2.04. The van der Waals surface area contributed by atoms with Gasteiger partial charge in [0.05, 0.1) is 12.6 Å². The molecule has 0 saturated carbocycles. The molecular formula is C12H10BrNO. The van der Waals surface area contributed by atoms with Gasteiger partial charge in [-0.05, 0) is 39.7 Å². The molecule has 3 heteroatoms. The van der Waals surface area contributed by atoms with Crippen LogP contribution < -0.4 is 4.74 Å². The molecule has 0 fully saturated rings. The highest BCUT2D eigenvalue weighted by Crippen LogP contribution is 2.28. The number of ether oxygens (including phenoxy) is 1. The zero-order chi connectivity index (χ0) is 10.8. The van der Waals surface area contributed by atoms with Crippen LogP contribution in [0.4, 0.5) is 0 Å². The summed E-state index contributed by atoms with van der Waals surface area (Å²) < 4.78 is 6.13. The summed E-state index contributed by atoms with van der Waals surface area (Å²) >= 11 is 3.45. The fourth-order valence-electron chi connectivity index (χ4n) is 1.50. The van der Waals surface area contributed by atoms with Crippen LogP contribution in [0.5, 0.6) is 5.75 Å². The lowest BCUT2D eigenvalue weighted by atomic mass is 10.1. The van der Waals surface area contributed by atoms with Crippen LogP contribution >= 0.6 is 15.9 Å². The molecule has 15 heavy (non-hydrogen) atoms. The zero-order valence-corrected chi connectivity index (χ0v) is 9.91. The summed E-state index contributed by atoms with van der Waals surface area (Å²) in [5.74, 6) is 0.825. The Morgan fingerprint density at radius 1 is 1.47 bits per heavy atom. The van der Waals surface area contributed by atoms with Gasteiger partial charge in [-0.2, -0.15) is 0 Å². The maximum atomic E-state index is 5.18. The summed E-state index contributed by atoms with van der Waals surface area (Å²) in [4.78, 5) is 4.31. The van der Waals surface area contributed by atoms with E-state index in [1.165, 1.54) is 0 Å². The molecule has 0 unspecified atom stereocenters. The maximum absolute atomic E-state index is 5.18. The third-order valence-corrected chi connectivity index (χ3v) is 2.90. The van der Waals surface area contributed by atoms with Crippen LogP contribution in [0.2, 0.25) is 0 Å². The van der Waals surface area contributed by atoms with Crippen LogP contribution in [0.1, 0.15) is 5.56 Å². The lowest BCUT2D eigenvalue weighted by Crippen LogP contribution is -1.87. The smallest absolute Gasteiger partial charge is 0.119 e. The van der Waals surface area contributed by atoms with E-state index in [9.17, 15) is 0 Å². The molecular weight excluding hydrogens is 254 g/mol. The predicted molar refractivity (Wildman–Crippen MR) is 66.1 cm³/mol. The van der Waals surface area contributed by atoms with Gasteiger partial charge in [0.15, 0.2) is 0 Å². The fourth-order valence-corrected chi connectivity index (χ4v) is 1.98. The Balaban J connectivity index is 2.81. The van der Waals surface area contributed by atoms with Gasteiger partial charge < -0.3 is 4.74 Å².